The molecule has 4 nitrogen and oxygen atoms in total. The quantitative estimate of drug-likeness (QED) is 0.723. The Kier molecular flexibility index (Phi) is 2.61. The Hall–Kier alpha value is -1.53. The third-order valence-corrected chi connectivity index (χ3v) is 2.53. The smallest absolute Gasteiger partial charge is 0.148 e. The summed E-state index contributed by atoms with van der Waals surface area (Å²) in [4.78, 5) is 3.70. The van der Waals surface area contributed by atoms with Gasteiger partial charge in [0.1, 0.15) is 5.82 Å². The highest BCUT2D eigenvalue weighted by atomic mass is 32.2. The molecule has 0 aliphatic carbocycles. The maximum absolute atomic E-state index is 13.5. The number of hydrogen-bond acceptors (Lipinski definition) is 3. The van der Waals surface area contributed by atoms with Gasteiger partial charge in [-0.2, -0.15) is 0 Å². The van der Waals surface area contributed by atoms with Crippen LogP contribution in [0.5, 0.6) is 0 Å². The van der Waals surface area contributed by atoms with Crippen molar-refractivity contribution in [2.75, 3.05) is 0 Å². The first kappa shape index (κ1) is 10.0. The molecule has 0 saturated heterocycles. The molecule has 0 fully saturated rings. The number of aromatic nitrogens is 2. The topological polar surface area (TPSA) is 57.9 Å². The number of rotatable bonds is 2. The van der Waals surface area contributed by atoms with Crippen LogP contribution in [0.15, 0.2) is 41.8 Å². The minimum atomic E-state index is -2.41. The molecular weight excluding hydrogens is 219 g/mol. The Morgan fingerprint density at radius 1 is 1.47 bits per heavy atom. The van der Waals surface area contributed by atoms with Gasteiger partial charge in [0.05, 0.1) is 12.0 Å². The van der Waals surface area contributed by atoms with Crippen LogP contribution in [0, 0.1) is 5.82 Å². The van der Waals surface area contributed by atoms with E-state index >= 15 is 0 Å². The van der Waals surface area contributed by atoms with Gasteiger partial charge in [-0.25, -0.2) is 9.37 Å². The standard InChI is InChI=1S/C9H7FN2O2S/c10-8-5-7(15(13)14)1-2-9(8)12-4-3-11-6-12/h1-6H,(H,13,14)/p-1. The molecule has 78 valence electrons. The molecule has 6 heteroatoms. The summed E-state index contributed by atoms with van der Waals surface area (Å²) >= 11 is -2.41. The second-order valence-corrected chi connectivity index (χ2v) is 3.76. The molecule has 0 radical (unpaired) electrons. The largest absolute Gasteiger partial charge is 0.768 e. The lowest BCUT2D eigenvalue weighted by Crippen LogP contribution is -1.97. The summed E-state index contributed by atoms with van der Waals surface area (Å²) in [6.45, 7) is 0. The van der Waals surface area contributed by atoms with E-state index in [-0.39, 0.29) is 10.6 Å². The highest BCUT2D eigenvalue weighted by Crippen LogP contribution is 2.16. The van der Waals surface area contributed by atoms with E-state index in [1.165, 1.54) is 29.2 Å². The Balaban J connectivity index is 2.48. The summed E-state index contributed by atoms with van der Waals surface area (Å²) in [6.07, 6.45) is 4.53. The highest BCUT2D eigenvalue weighted by molar-refractivity contribution is 7.79. The van der Waals surface area contributed by atoms with Crippen molar-refractivity contribution in [1.82, 2.24) is 9.55 Å². The zero-order chi connectivity index (χ0) is 10.8. The summed E-state index contributed by atoms with van der Waals surface area (Å²) in [6, 6.07) is 3.70. The molecule has 0 aliphatic heterocycles. The van der Waals surface area contributed by atoms with Crippen molar-refractivity contribution in [3.8, 4) is 5.69 Å². The van der Waals surface area contributed by atoms with Crippen LogP contribution >= 0.6 is 0 Å². The average Bonchev–Trinajstić information content (AvgIpc) is 2.70. The van der Waals surface area contributed by atoms with E-state index in [2.05, 4.69) is 4.98 Å². The number of halogens is 1. The van der Waals surface area contributed by atoms with Gasteiger partial charge in [0.15, 0.2) is 0 Å². The lowest BCUT2D eigenvalue weighted by molar-refractivity contribution is 0.535. The van der Waals surface area contributed by atoms with Crippen molar-refractivity contribution in [1.29, 1.82) is 0 Å². The van der Waals surface area contributed by atoms with Gasteiger partial charge in [0.2, 0.25) is 0 Å². The van der Waals surface area contributed by atoms with Crippen LogP contribution in [0.2, 0.25) is 0 Å². The minimum Gasteiger partial charge on any atom is -0.768 e. The molecule has 2 rings (SSSR count). The van der Waals surface area contributed by atoms with Crippen molar-refractivity contribution in [2.45, 2.75) is 4.90 Å². The maximum Gasteiger partial charge on any atom is 0.148 e. The van der Waals surface area contributed by atoms with Gasteiger partial charge in [0, 0.05) is 17.3 Å². The predicted molar refractivity (Wildman–Crippen MR) is 50.7 cm³/mol. The Morgan fingerprint density at radius 3 is 2.80 bits per heavy atom. The number of imidazole rings is 1. The third-order valence-electron chi connectivity index (χ3n) is 1.89. The van der Waals surface area contributed by atoms with E-state index in [9.17, 15) is 13.2 Å². The van der Waals surface area contributed by atoms with Crippen LogP contribution in [-0.4, -0.2) is 18.3 Å². The summed E-state index contributed by atoms with van der Waals surface area (Å²) in [5.41, 5.74) is 0.265. The molecule has 0 spiro atoms. The summed E-state index contributed by atoms with van der Waals surface area (Å²) in [7, 11) is 0. The van der Waals surface area contributed by atoms with E-state index < -0.39 is 16.9 Å². The van der Waals surface area contributed by atoms with Gasteiger partial charge in [-0.15, -0.1) is 0 Å². The fraction of sp³-hybridized carbons (Fsp3) is 0. The van der Waals surface area contributed by atoms with Gasteiger partial charge in [-0.05, 0) is 29.3 Å². The summed E-state index contributed by atoms with van der Waals surface area (Å²) in [5, 5.41) is 0. The molecule has 0 N–H and O–H groups in total. The third kappa shape index (κ3) is 1.95. The molecule has 0 saturated carbocycles. The first-order valence-electron chi connectivity index (χ1n) is 4.05. The number of nitrogens with zero attached hydrogens (tertiary/aromatic N) is 2. The lowest BCUT2D eigenvalue weighted by atomic mass is 10.3. The molecule has 1 heterocycles. The normalized spacial score (nSPS) is 12.7. The summed E-state index contributed by atoms with van der Waals surface area (Å²) in [5.74, 6) is -0.602. The molecular formula is C9H6FN2O2S-. The van der Waals surface area contributed by atoms with Crippen molar-refractivity contribution < 1.29 is 13.2 Å². The Bertz CT molecular complexity index is 499. The monoisotopic (exact) mass is 225 g/mol. The molecule has 0 amide bonds. The zero-order valence-electron chi connectivity index (χ0n) is 7.46. The van der Waals surface area contributed by atoms with Crippen LogP contribution in [0.4, 0.5) is 4.39 Å². The predicted octanol–water partition coefficient (Wildman–Crippen LogP) is 1.25. The van der Waals surface area contributed by atoms with Crippen LogP contribution < -0.4 is 0 Å². The number of benzene rings is 1. The van der Waals surface area contributed by atoms with Crippen molar-refractivity contribution in [2.24, 2.45) is 0 Å². The van der Waals surface area contributed by atoms with Gasteiger partial charge in [-0.3, -0.25) is 4.21 Å². The van der Waals surface area contributed by atoms with Crippen LogP contribution in [-0.2, 0) is 11.1 Å². The van der Waals surface area contributed by atoms with Crippen molar-refractivity contribution >= 4 is 11.1 Å². The highest BCUT2D eigenvalue weighted by Gasteiger charge is 2.05. The minimum absolute atomic E-state index is 0.0728. The molecule has 0 bridgehead atoms. The van der Waals surface area contributed by atoms with E-state index in [1.54, 1.807) is 6.20 Å². The zero-order valence-corrected chi connectivity index (χ0v) is 8.28. The molecule has 1 aromatic carbocycles. The Labute approximate surface area is 87.7 Å². The molecule has 1 aromatic heterocycles. The SMILES string of the molecule is O=S([O-])c1ccc(-n2ccnc2)c(F)c1. The van der Waals surface area contributed by atoms with Crippen molar-refractivity contribution in [3.05, 3.63) is 42.7 Å². The van der Waals surface area contributed by atoms with Gasteiger partial charge in [0.25, 0.3) is 0 Å². The molecule has 1 atom stereocenters. The average molecular weight is 225 g/mol. The van der Waals surface area contributed by atoms with Crippen LogP contribution in [0.25, 0.3) is 5.69 Å². The van der Waals surface area contributed by atoms with E-state index in [0.717, 1.165) is 6.07 Å². The maximum atomic E-state index is 13.5. The lowest BCUT2D eigenvalue weighted by Gasteiger charge is -2.08. The van der Waals surface area contributed by atoms with Crippen molar-refractivity contribution in [3.63, 3.8) is 0 Å². The summed E-state index contributed by atoms with van der Waals surface area (Å²) < 4.78 is 36.0. The van der Waals surface area contributed by atoms with Gasteiger partial charge >= 0.3 is 0 Å². The van der Waals surface area contributed by atoms with Crippen LogP contribution in [0.3, 0.4) is 0 Å². The fourth-order valence-corrected chi connectivity index (χ4v) is 1.58. The van der Waals surface area contributed by atoms with E-state index in [0.29, 0.717) is 0 Å². The number of hydrogen-bond donors (Lipinski definition) is 0. The Morgan fingerprint density at radius 2 is 2.27 bits per heavy atom. The first-order chi connectivity index (χ1) is 7.18. The fourth-order valence-electron chi connectivity index (χ4n) is 1.20. The first-order valence-corrected chi connectivity index (χ1v) is 5.13. The second-order valence-electron chi connectivity index (χ2n) is 2.82. The molecule has 15 heavy (non-hydrogen) atoms. The van der Waals surface area contributed by atoms with Crippen LogP contribution in [0.1, 0.15) is 0 Å². The van der Waals surface area contributed by atoms with E-state index in [4.69, 9.17) is 0 Å². The van der Waals surface area contributed by atoms with Gasteiger partial charge in [-0.1, -0.05) is 0 Å². The van der Waals surface area contributed by atoms with E-state index in [1.807, 2.05) is 0 Å². The van der Waals surface area contributed by atoms with Gasteiger partial charge < -0.3 is 9.12 Å². The molecule has 1 unspecified atom stereocenters. The molecule has 2 aromatic rings. The second kappa shape index (κ2) is 3.92. The molecule has 0 aliphatic rings.